The monoisotopic (exact) mass is 484 g/mol. The van der Waals surface area contributed by atoms with Crippen molar-refractivity contribution >= 4 is 38.6 Å². The molecule has 2 aromatic carbocycles. The number of hydrogen-bond acceptors (Lipinski definition) is 6. The summed E-state index contributed by atoms with van der Waals surface area (Å²) in [5.41, 5.74) is 1.51. The molecule has 0 spiro atoms. The highest BCUT2D eigenvalue weighted by molar-refractivity contribution is 9.10. The molecule has 0 bridgehead atoms. The van der Waals surface area contributed by atoms with Crippen molar-refractivity contribution in [3.8, 4) is 11.5 Å². The Labute approximate surface area is 186 Å². The highest BCUT2D eigenvalue weighted by atomic mass is 79.9. The van der Waals surface area contributed by atoms with E-state index in [1.807, 2.05) is 55.5 Å². The van der Waals surface area contributed by atoms with Gasteiger partial charge in [-0.25, -0.2) is 4.98 Å². The molecule has 0 aliphatic heterocycles. The van der Waals surface area contributed by atoms with E-state index in [9.17, 15) is 4.79 Å². The average molecular weight is 485 g/mol. The molecule has 0 saturated heterocycles. The van der Waals surface area contributed by atoms with Gasteiger partial charge in [-0.05, 0) is 43.2 Å². The predicted octanol–water partition coefficient (Wildman–Crippen LogP) is 5.72. The van der Waals surface area contributed by atoms with Gasteiger partial charge in [-0.15, -0.1) is 10.2 Å². The number of hydrogen-bond donors (Lipinski definition) is 0. The molecule has 8 heteroatoms. The van der Waals surface area contributed by atoms with E-state index in [2.05, 4.69) is 40.0 Å². The van der Waals surface area contributed by atoms with E-state index >= 15 is 0 Å². The van der Waals surface area contributed by atoms with Gasteiger partial charge in [0.25, 0.3) is 5.56 Å². The molecule has 0 saturated carbocycles. The third-order valence-electron chi connectivity index (χ3n) is 4.52. The molecule has 0 aliphatic carbocycles. The molecular weight excluding hydrogens is 464 g/mol. The average Bonchev–Trinajstić information content (AvgIpc) is 3.22. The first kappa shape index (κ1) is 20.8. The first-order valence-corrected chi connectivity index (χ1v) is 11.3. The third kappa shape index (κ3) is 4.34. The van der Waals surface area contributed by atoms with E-state index in [0.717, 1.165) is 10.0 Å². The normalized spacial score (nSPS) is 12.6. The second kappa shape index (κ2) is 8.73. The van der Waals surface area contributed by atoms with Gasteiger partial charge in [-0.3, -0.25) is 9.36 Å². The van der Waals surface area contributed by atoms with Gasteiger partial charge in [-0.1, -0.05) is 59.7 Å². The maximum absolute atomic E-state index is 13.2. The van der Waals surface area contributed by atoms with Gasteiger partial charge in [0, 0.05) is 16.6 Å². The van der Waals surface area contributed by atoms with Crippen molar-refractivity contribution in [3.05, 3.63) is 69.2 Å². The second-order valence-electron chi connectivity index (χ2n) is 7.44. The van der Waals surface area contributed by atoms with Crippen molar-refractivity contribution < 1.29 is 4.42 Å². The van der Waals surface area contributed by atoms with Crippen LogP contribution in [0, 0.1) is 5.92 Å². The molecule has 6 nitrogen and oxygen atoms in total. The minimum absolute atomic E-state index is 0.0415. The first-order chi connectivity index (χ1) is 14.4. The lowest BCUT2D eigenvalue weighted by molar-refractivity contribution is 0.473. The van der Waals surface area contributed by atoms with Crippen LogP contribution in [-0.4, -0.2) is 19.7 Å². The molecule has 2 aromatic heterocycles. The fourth-order valence-electron chi connectivity index (χ4n) is 3.09. The molecular formula is C22H21BrN4O2S. The third-order valence-corrected chi connectivity index (χ3v) is 6.09. The van der Waals surface area contributed by atoms with Gasteiger partial charge in [-0.2, -0.15) is 0 Å². The summed E-state index contributed by atoms with van der Waals surface area (Å²) < 4.78 is 8.50. The molecule has 0 amide bonds. The summed E-state index contributed by atoms with van der Waals surface area (Å²) in [5, 5.41) is 9.48. The van der Waals surface area contributed by atoms with E-state index in [4.69, 9.17) is 9.40 Å². The number of rotatable bonds is 6. The van der Waals surface area contributed by atoms with E-state index in [0.29, 0.717) is 40.3 Å². The fraction of sp³-hybridized carbons (Fsp3) is 0.273. The Morgan fingerprint density at radius 2 is 1.87 bits per heavy atom. The topological polar surface area (TPSA) is 73.8 Å². The van der Waals surface area contributed by atoms with E-state index < -0.39 is 0 Å². The lowest BCUT2D eigenvalue weighted by atomic mass is 10.2. The summed E-state index contributed by atoms with van der Waals surface area (Å²) >= 11 is 4.90. The maximum Gasteiger partial charge on any atom is 0.262 e. The SMILES string of the molecule is CC(C)Cn1c(SC(C)c2nnc(-c3ccccc3)o2)nc2ccc(Br)cc2c1=O. The van der Waals surface area contributed by atoms with Crippen LogP contribution in [0.5, 0.6) is 0 Å². The Morgan fingerprint density at radius 1 is 1.10 bits per heavy atom. The number of fused-ring (bicyclic) bond motifs is 1. The van der Waals surface area contributed by atoms with Crippen LogP contribution in [0.25, 0.3) is 22.4 Å². The Morgan fingerprint density at radius 3 is 2.60 bits per heavy atom. The molecule has 0 radical (unpaired) electrons. The van der Waals surface area contributed by atoms with Crippen LogP contribution < -0.4 is 5.56 Å². The quantitative estimate of drug-likeness (QED) is 0.257. The van der Waals surface area contributed by atoms with Gasteiger partial charge in [0.15, 0.2) is 5.16 Å². The number of nitrogens with zero attached hydrogens (tertiary/aromatic N) is 4. The van der Waals surface area contributed by atoms with Crippen molar-refractivity contribution in [2.75, 3.05) is 0 Å². The molecule has 0 N–H and O–H groups in total. The van der Waals surface area contributed by atoms with Gasteiger partial charge in [0.1, 0.15) is 0 Å². The van der Waals surface area contributed by atoms with Crippen molar-refractivity contribution in [2.24, 2.45) is 5.92 Å². The maximum atomic E-state index is 13.2. The summed E-state index contributed by atoms with van der Waals surface area (Å²) in [5.74, 6) is 1.28. The van der Waals surface area contributed by atoms with Crippen LogP contribution in [0.2, 0.25) is 0 Å². The van der Waals surface area contributed by atoms with E-state index in [1.165, 1.54) is 11.8 Å². The number of aromatic nitrogens is 4. The lowest BCUT2D eigenvalue weighted by Crippen LogP contribution is -2.25. The Balaban J connectivity index is 1.70. The summed E-state index contributed by atoms with van der Waals surface area (Å²) in [4.78, 5) is 18.0. The zero-order chi connectivity index (χ0) is 21.3. The molecule has 2 heterocycles. The Bertz CT molecular complexity index is 1240. The van der Waals surface area contributed by atoms with Gasteiger partial charge in [0.2, 0.25) is 11.8 Å². The van der Waals surface area contributed by atoms with Crippen molar-refractivity contribution in [1.82, 2.24) is 19.7 Å². The molecule has 154 valence electrons. The largest absolute Gasteiger partial charge is 0.419 e. The first-order valence-electron chi connectivity index (χ1n) is 9.68. The van der Waals surface area contributed by atoms with Crippen LogP contribution in [0.4, 0.5) is 0 Å². The van der Waals surface area contributed by atoms with Crippen LogP contribution in [0.3, 0.4) is 0 Å². The number of benzene rings is 2. The van der Waals surface area contributed by atoms with Gasteiger partial charge < -0.3 is 4.42 Å². The van der Waals surface area contributed by atoms with Gasteiger partial charge >= 0.3 is 0 Å². The van der Waals surface area contributed by atoms with Crippen molar-refractivity contribution in [1.29, 1.82) is 0 Å². The zero-order valence-corrected chi connectivity index (χ0v) is 19.3. The van der Waals surface area contributed by atoms with Crippen LogP contribution in [0.1, 0.15) is 31.9 Å². The molecule has 1 atom stereocenters. The molecule has 4 aromatic rings. The van der Waals surface area contributed by atoms with Crippen molar-refractivity contribution in [3.63, 3.8) is 0 Å². The highest BCUT2D eigenvalue weighted by Crippen LogP contribution is 2.34. The molecule has 0 aliphatic rings. The number of halogens is 1. The summed E-state index contributed by atoms with van der Waals surface area (Å²) in [6.07, 6.45) is 0. The smallest absolute Gasteiger partial charge is 0.262 e. The van der Waals surface area contributed by atoms with Crippen LogP contribution in [-0.2, 0) is 6.54 Å². The minimum atomic E-state index is -0.159. The number of thioether (sulfide) groups is 1. The summed E-state index contributed by atoms with van der Waals surface area (Å²) in [7, 11) is 0. The Hall–Kier alpha value is -2.45. The highest BCUT2D eigenvalue weighted by Gasteiger charge is 2.21. The van der Waals surface area contributed by atoms with Crippen molar-refractivity contribution in [2.45, 2.75) is 37.7 Å². The lowest BCUT2D eigenvalue weighted by Gasteiger charge is -2.16. The molecule has 30 heavy (non-hydrogen) atoms. The second-order valence-corrected chi connectivity index (χ2v) is 9.66. The van der Waals surface area contributed by atoms with Crippen LogP contribution in [0.15, 0.2) is 67.4 Å². The molecule has 1 unspecified atom stereocenters. The summed E-state index contributed by atoms with van der Waals surface area (Å²) in [6, 6.07) is 15.2. The zero-order valence-electron chi connectivity index (χ0n) is 16.9. The minimum Gasteiger partial charge on any atom is -0.419 e. The van der Waals surface area contributed by atoms with Crippen LogP contribution >= 0.6 is 27.7 Å². The Kier molecular flexibility index (Phi) is 6.06. The standard InChI is InChI=1S/C22H21BrN4O2S/c1-13(2)12-27-21(28)17-11-16(23)9-10-18(17)24-22(27)30-14(3)19-25-26-20(29-19)15-7-5-4-6-8-15/h4-11,13-14H,12H2,1-3H3. The fourth-order valence-corrected chi connectivity index (χ4v) is 4.40. The van der Waals surface area contributed by atoms with Gasteiger partial charge in [0.05, 0.1) is 16.2 Å². The molecule has 0 fully saturated rings. The summed E-state index contributed by atoms with van der Waals surface area (Å²) in [6.45, 7) is 6.73. The molecule has 4 rings (SSSR count). The van der Waals surface area contributed by atoms with E-state index in [-0.39, 0.29) is 10.8 Å². The van der Waals surface area contributed by atoms with E-state index in [1.54, 1.807) is 4.57 Å². The predicted molar refractivity (Wildman–Crippen MR) is 123 cm³/mol.